The van der Waals surface area contributed by atoms with Crippen LogP contribution in [0.5, 0.6) is 0 Å². The minimum atomic E-state index is -9.88. The number of rotatable bonds is 8. The highest BCUT2D eigenvalue weighted by molar-refractivity contribution is 8.45. The summed E-state index contributed by atoms with van der Waals surface area (Å²) in [5, 5.41) is 8.47. The van der Waals surface area contributed by atoms with Crippen molar-refractivity contribution in [2.75, 3.05) is 52.5 Å². The van der Waals surface area contributed by atoms with Crippen LogP contribution < -0.4 is 5.32 Å². The van der Waals surface area contributed by atoms with E-state index in [0.717, 1.165) is 48.2 Å². The number of piperidine rings is 1. The fourth-order valence-electron chi connectivity index (χ4n) is 5.45. The first-order chi connectivity index (χ1) is 19.7. The number of hydrogen-bond donors (Lipinski definition) is 1. The number of carbonyl (C=O) groups is 2. The highest BCUT2D eigenvalue weighted by atomic mass is 32.5. The number of amides is 2. The maximum Gasteiger partial charge on any atom is 0.310 e. The number of nitrogens with zero attached hydrogens (tertiary/aromatic N) is 4. The van der Waals surface area contributed by atoms with Gasteiger partial charge in [0, 0.05) is 68.5 Å². The van der Waals surface area contributed by atoms with Gasteiger partial charge in [0.25, 0.3) is 11.8 Å². The molecule has 0 radical (unpaired) electrons. The van der Waals surface area contributed by atoms with Crippen LogP contribution in [0.25, 0.3) is 10.9 Å². The number of morpholine rings is 1. The first kappa shape index (κ1) is 30.2. The average Bonchev–Trinajstić information content (AvgIpc) is 3.33. The summed E-state index contributed by atoms with van der Waals surface area (Å²) in [4.78, 5) is 27.2. The molecule has 5 rings (SSSR count). The summed E-state index contributed by atoms with van der Waals surface area (Å²) in [5.41, 5.74) is 1.75. The van der Waals surface area contributed by atoms with Gasteiger partial charge in [0.1, 0.15) is 4.90 Å². The number of ether oxygens (including phenoxy) is 1. The van der Waals surface area contributed by atoms with E-state index in [2.05, 4.69) is 15.3 Å². The molecule has 2 aliphatic heterocycles. The first-order valence-corrected chi connectivity index (χ1v) is 15.8. The molecule has 0 unspecified atom stereocenters. The topological polar surface area (TPSA) is 79.7 Å². The summed E-state index contributed by atoms with van der Waals surface area (Å²) in [6, 6.07) is 6.20. The molecule has 2 amide bonds. The number of aryl methyl sites for hydroxylation is 1. The molecule has 3 aromatic rings. The third kappa shape index (κ3) is 7.21. The van der Waals surface area contributed by atoms with Crippen LogP contribution in [0.4, 0.5) is 19.4 Å². The first-order valence-electron chi connectivity index (χ1n) is 13.9. The van der Waals surface area contributed by atoms with Gasteiger partial charge in [0.05, 0.1) is 18.7 Å². The Morgan fingerprint density at radius 2 is 1.74 bits per heavy atom. The van der Waals surface area contributed by atoms with Gasteiger partial charge in [-0.25, -0.2) is 0 Å². The van der Waals surface area contributed by atoms with Gasteiger partial charge in [-0.2, -0.15) is 5.10 Å². The molecule has 0 spiro atoms. The summed E-state index contributed by atoms with van der Waals surface area (Å²) in [6.45, 7) is 7.43. The maximum atomic E-state index is 13.2. The van der Waals surface area contributed by atoms with Gasteiger partial charge in [0.2, 0.25) is 0 Å². The normalized spacial score (nSPS) is 19.0. The van der Waals surface area contributed by atoms with E-state index in [4.69, 9.17) is 4.74 Å². The fraction of sp³-hybridized carbons (Fsp3) is 0.464. The van der Waals surface area contributed by atoms with Crippen LogP contribution in [0.15, 0.2) is 47.5 Å². The Morgan fingerprint density at radius 1 is 1.02 bits per heavy atom. The van der Waals surface area contributed by atoms with Crippen LogP contribution in [0.2, 0.25) is 0 Å². The summed E-state index contributed by atoms with van der Waals surface area (Å²) in [6.07, 6.45) is 3.04. The summed E-state index contributed by atoms with van der Waals surface area (Å²) in [7, 11) is -9.88. The fourth-order valence-corrected chi connectivity index (χ4v) is 6.13. The summed E-state index contributed by atoms with van der Waals surface area (Å²) >= 11 is 0. The van der Waals surface area contributed by atoms with Crippen molar-refractivity contribution in [2.24, 2.45) is 5.92 Å². The molecule has 0 saturated carbocycles. The van der Waals surface area contributed by atoms with Gasteiger partial charge in [-0.15, -0.1) is 0 Å². The number of fused-ring (bicyclic) bond motifs is 1. The summed E-state index contributed by atoms with van der Waals surface area (Å²) in [5.74, 6) is -0.685. The zero-order chi connectivity index (χ0) is 30.2. The van der Waals surface area contributed by atoms with Crippen LogP contribution in [0.3, 0.4) is 0 Å². The van der Waals surface area contributed by atoms with Crippen molar-refractivity contribution in [2.45, 2.75) is 31.2 Å². The Balaban J connectivity index is 1.17. The molecule has 2 aliphatic rings. The van der Waals surface area contributed by atoms with Gasteiger partial charge in [-0.05, 0) is 61.6 Å². The van der Waals surface area contributed by atoms with Crippen molar-refractivity contribution in [3.8, 4) is 0 Å². The second-order valence-electron chi connectivity index (χ2n) is 11.0. The molecule has 0 aliphatic carbocycles. The molecule has 2 saturated heterocycles. The van der Waals surface area contributed by atoms with Crippen molar-refractivity contribution in [3.63, 3.8) is 0 Å². The van der Waals surface area contributed by atoms with Crippen molar-refractivity contribution < 1.29 is 33.8 Å². The monoisotopic (exact) mass is 615 g/mol. The van der Waals surface area contributed by atoms with Gasteiger partial charge in [0.15, 0.2) is 0 Å². The lowest BCUT2D eigenvalue weighted by Crippen LogP contribution is -2.41. The molecule has 14 heteroatoms. The number of halogens is 5. The molecule has 2 fully saturated rings. The van der Waals surface area contributed by atoms with Gasteiger partial charge < -0.3 is 15.0 Å². The van der Waals surface area contributed by atoms with Crippen molar-refractivity contribution >= 4 is 32.9 Å². The van der Waals surface area contributed by atoms with Crippen LogP contribution in [-0.4, -0.2) is 83.9 Å². The van der Waals surface area contributed by atoms with Gasteiger partial charge in [-0.1, -0.05) is 25.5 Å². The third-order valence-corrected chi connectivity index (χ3v) is 8.98. The van der Waals surface area contributed by atoms with E-state index in [1.54, 1.807) is 0 Å². The van der Waals surface area contributed by atoms with Crippen molar-refractivity contribution in [1.82, 2.24) is 24.9 Å². The SMILES string of the molecule is Cc1cc2nn(CC3CCN(C(=O)c4cccc(S(F)(F)(F)(F)F)c4)CC3)cc2cc1C(=O)NCCN1CCOCC1. The molecular formula is C28H34F5N5O3S. The number of nitrogens with one attached hydrogen (secondary N) is 1. The second kappa shape index (κ2) is 10.8. The molecule has 3 heterocycles. The van der Waals surface area contributed by atoms with Crippen LogP contribution in [0, 0.1) is 12.8 Å². The van der Waals surface area contributed by atoms with E-state index in [1.807, 2.05) is 29.9 Å². The molecule has 0 atom stereocenters. The highest BCUT2D eigenvalue weighted by Crippen LogP contribution is 3.02. The number of likely N-dealkylation sites (tertiary alicyclic amines) is 1. The quantitative estimate of drug-likeness (QED) is 0.333. The molecule has 230 valence electrons. The molecule has 0 bridgehead atoms. The summed E-state index contributed by atoms with van der Waals surface area (Å²) < 4.78 is 73.2. The van der Waals surface area contributed by atoms with Crippen molar-refractivity contribution in [1.29, 1.82) is 0 Å². The van der Waals surface area contributed by atoms with E-state index < -0.39 is 26.6 Å². The van der Waals surface area contributed by atoms with Gasteiger partial charge in [-0.3, -0.25) is 19.2 Å². The van der Waals surface area contributed by atoms with Gasteiger partial charge >= 0.3 is 10.2 Å². The second-order valence-corrected chi connectivity index (χ2v) is 13.4. The zero-order valence-electron chi connectivity index (χ0n) is 23.2. The lowest BCUT2D eigenvalue weighted by atomic mass is 9.96. The average molecular weight is 616 g/mol. The van der Waals surface area contributed by atoms with E-state index in [0.29, 0.717) is 63.9 Å². The molecule has 2 aromatic carbocycles. The Kier molecular flexibility index (Phi) is 7.77. The molecule has 42 heavy (non-hydrogen) atoms. The minimum absolute atomic E-state index is 0.140. The highest BCUT2D eigenvalue weighted by Gasteiger charge is 2.65. The maximum absolute atomic E-state index is 13.2. The zero-order valence-corrected chi connectivity index (χ0v) is 24.0. The number of carbonyl (C=O) groups excluding carboxylic acids is 2. The van der Waals surface area contributed by atoms with E-state index in [1.165, 1.54) is 4.90 Å². The predicted molar refractivity (Wildman–Crippen MR) is 151 cm³/mol. The molecule has 1 aromatic heterocycles. The molecule has 8 nitrogen and oxygen atoms in total. The Hall–Kier alpha value is -3.23. The Labute approximate surface area is 240 Å². The lowest BCUT2D eigenvalue weighted by Gasteiger charge is -2.40. The smallest absolute Gasteiger partial charge is 0.310 e. The van der Waals surface area contributed by atoms with E-state index in [-0.39, 0.29) is 17.9 Å². The van der Waals surface area contributed by atoms with Crippen LogP contribution in [0.1, 0.15) is 39.1 Å². The standard InChI is InChI=1S/C28H34F5N5O3S/c1-20-15-26-23(17-25(20)27(39)34-7-10-36-11-13-41-14-12-36)19-38(35-26)18-21-5-8-37(9-6-21)28(40)22-3-2-4-24(16-22)42(29,30,31,32)33/h2-4,15-17,19,21H,5-14,18H2,1H3,(H,34,39). The number of aromatic nitrogens is 2. The third-order valence-electron chi connectivity index (χ3n) is 7.83. The van der Waals surface area contributed by atoms with Crippen LogP contribution >= 0.6 is 10.2 Å². The van der Waals surface area contributed by atoms with Crippen molar-refractivity contribution in [3.05, 3.63) is 59.3 Å². The van der Waals surface area contributed by atoms with Crippen LogP contribution in [-0.2, 0) is 11.3 Å². The Morgan fingerprint density at radius 3 is 2.43 bits per heavy atom. The van der Waals surface area contributed by atoms with E-state index >= 15 is 0 Å². The molecule has 1 N–H and O–H groups in total. The largest absolute Gasteiger partial charge is 0.379 e. The minimum Gasteiger partial charge on any atom is -0.379 e. The molecular weight excluding hydrogens is 581 g/mol. The predicted octanol–water partition coefficient (Wildman–Crippen LogP) is 5.62. The lowest BCUT2D eigenvalue weighted by molar-refractivity contribution is 0.0383. The van der Waals surface area contributed by atoms with E-state index in [9.17, 15) is 29.0 Å². The number of benzene rings is 2. The number of hydrogen-bond acceptors (Lipinski definition) is 5. The Bertz CT molecular complexity index is 1480.